The van der Waals surface area contributed by atoms with Crippen LogP contribution in [0.1, 0.15) is 12.8 Å². The fraction of sp³-hybridized carbons (Fsp3) is 0.300. The third-order valence-corrected chi connectivity index (χ3v) is 3.29. The predicted molar refractivity (Wildman–Crippen MR) is 64.0 cm³/mol. The number of halogens is 3. The van der Waals surface area contributed by atoms with Crippen LogP contribution < -0.4 is 4.74 Å². The summed E-state index contributed by atoms with van der Waals surface area (Å²) in [5.74, 6) is -0.158. The molecule has 78 valence electrons. The smallest absolute Gasteiger partial charge is 0.244 e. The van der Waals surface area contributed by atoms with Crippen LogP contribution in [-0.4, -0.2) is 6.10 Å². The molecule has 1 aliphatic rings. The third kappa shape index (κ3) is 2.18. The van der Waals surface area contributed by atoms with Crippen LogP contribution in [0.3, 0.4) is 0 Å². The lowest BCUT2D eigenvalue weighted by Gasteiger charge is -2.09. The standard InChI is InChI=1S/C10H6ClFINO/c1-14-10-7(15-5-2-3-5)4-6(11)8(12)9(10)13/h4-5H,2-3H2. The molecule has 0 heterocycles. The van der Waals surface area contributed by atoms with E-state index in [0.29, 0.717) is 5.75 Å². The van der Waals surface area contributed by atoms with Crippen molar-refractivity contribution in [1.82, 2.24) is 0 Å². The Balaban J connectivity index is 2.47. The number of nitrogens with zero attached hydrogens (tertiary/aromatic N) is 1. The van der Waals surface area contributed by atoms with E-state index in [1.54, 1.807) is 22.6 Å². The van der Waals surface area contributed by atoms with Gasteiger partial charge in [-0.05, 0) is 18.9 Å². The van der Waals surface area contributed by atoms with Crippen molar-refractivity contribution in [2.24, 2.45) is 0 Å². The Kier molecular flexibility index (Phi) is 3.03. The molecule has 0 atom stereocenters. The Morgan fingerprint density at radius 2 is 2.27 bits per heavy atom. The molecule has 0 saturated heterocycles. The molecule has 15 heavy (non-hydrogen) atoms. The van der Waals surface area contributed by atoms with Gasteiger partial charge in [0.25, 0.3) is 0 Å². The van der Waals surface area contributed by atoms with E-state index in [2.05, 4.69) is 4.85 Å². The van der Waals surface area contributed by atoms with Crippen LogP contribution in [0, 0.1) is 16.0 Å². The molecule has 0 aliphatic heterocycles. The highest BCUT2D eigenvalue weighted by atomic mass is 127. The van der Waals surface area contributed by atoms with E-state index in [1.165, 1.54) is 6.07 Å². The van der Waals surface area contributed by atoms with Gasteiger partial charge < -0.3 is 4.74 Å². The number of ether oxygens (including phenoxy) is 1. The summed E-state index contributed by atoms with van der Waals surface area (Å²) in [4.78, 5) is 3.27. The average Bonchev–Trinajstić information content (AvgIpc) is 2.99. The van der Waals surface area contributed by atoms with Gasteiger partial charge in [-0.1, -0.05) is 34.2 Å². The quantitative estimate of drug-likeness (QED) is 0.448. The van der Waals surface area contributed by atoms with E-state index in [-0.39, 0.29) is 20.4 Å². The SMILES string of the molecule is [C-]#[N+]c1c(OC2CC2)cc(Cl)c(F)c1I. The zero-order valence-electron chi connectivity index (χ0n) is 7.56. The van der Waals surface area contributed by atoms with E-state index in [4.69, 9.17) is 22.9 Å². The zero-order valence-corrected chi connectivity index (χ0v) is 10.5. The Bertz CT molecular complexity index is 454. The van der Waals surface area contributed by atoms with Gasteiger partial charge in [-0.25, -0.2) is 9.24 Å². The first-order valence-electron chi connectivity index (χ1n) is 4.35. The summed E-state index contributed by atoms with van der Waals surface area (Å²) in [6, 6.07) is 1.38. The van der Waals surface area contributed by atoms with Crippen molar-refractivity contribution in [3.8, 4) is 5.75 Å². The number of hydrogen-bond acceptors (Lipinski definition) is 1. The number of rotatable bonds is 2. The molecular formula is C10H6ClFINO. The summed E-state index contributed by atoms with van der Waals surface area (Å²) >= 11 is 7.46. The van der Waals surface area contributed by atoms with Crippen LogP contribution in [0.5, 0.6) is 5.75 Å². The molecule has 2 rings (SSSR count). The maximum absolute atomic E-state index is 13.4. The van der Waals surface area contributed by atoms with Crippen LogP contribution in [0.15, 0.2) is 6.07 Å². The lowest BCUT2D eigenvalue weighted by molar-refractivity contribution is 0.304. The molecule has 0 radical (unpaired) electrons. The minimum atomic E-state index is -0.550. The average molecular weight is 338 g/mol. The number of hydrogen-bond donors (Lipinski definition) is 0. The molecule has 0 aromatic heterocycles. The third-order valence-electron chi connectivity index (χ3n) is 2.03. The van der Waals surface area contributed by atoms with Crippen LogP contribution in [-0.2, 0) is 0 Å². The zero-order chi connectivity index (χ0) is 11.0. The first-order valence-corrected chi connectivity index (χ1v) is 5.80. The predicted octanol–water partition coefficient (Wildman–Crippen LogP) is 4.18. The molecule has 0 N–H and O–H groups in total. The summed E-state index contributed by atoms with van der Waals surface area (Å²) in [6.07, 6.45) is 2.15. The highest BCUT2D eigenvalue weighted by Crippen LogP contribution is 2.41. The summed E-state index contributed by atoms with van der Waals surface area (Å²) in [6.45, 7) is 6.99. The topological polar surface area (TPSA) is 13.6 Å². The summed E-state index contributed by atoms with van der Waals surface area (Å²) in [5.41, 5.74) is 0.212. The van der Waals surface area contributed by atoms with Crippen LogP contribution in [0.25, 0.3) is 4.85 Å². The molecule has 5 heteroatoms. The lowest BCUT2D eigenvalue weighted by Crippen LogP contribution is -1.98. The second-order valence-electron chi connectivity index (χ2n) is 3.26. The minimum absolute atomic E-state index is 0.00227. The molecule has 1 aromatic rings. The Morgan fingerprint density at radius 3 is 2.80 bits per heavy atom. The Labute approximate surface area is 105 Å². The Morgan fingerprint density at radius 1 is 1.60 bits per heavy atom. The largest absolute Gasteiger partial charge is 0.501 e. The van der Waals surface area contributed by atoms with E-state index in [1.807, 2.05) is 0 Å². The normalized spacial score (nSPS) is 14.8. The molecule has 1 fully saturated rings. The van der Waals surface area contributed by atoms with Crippen LogP contribution >= 0.6 is 34.2 Å². The van der Waals surface area contributed by atoms with E-state index >= 15 is 0 Å². The monoisotopic (exact) mass is 337 g/mol. The molecule has 1 aliphatic carbocycles. The number of benzene rings is 1. The van der Waals surface area contributed by atoms with Gasteiger partial charge >= 0.3 is 0 Å². The fourth-order valence-electron chi connectivity index (χ4n) is 1.12. The fourth-order valence-corrected chi connectivity index (χ4v) is 2.15. The van der Waals surface area contributed by atoms with Gasteiger partial charge in [0.05, 0.1) is 21.3 Å². The van der Waals surface area contributed by atoms with Crippen molar-refractivity contribution in [2.45, 2.75) is 18.9 Å². The molecule has 0 unspecified atom stereocenters. The van der Waals surface area contributed by atoms with Crippen molar-refractivity contribution in [3.63, 3.8) is 0 Å². The van der Waals surface area contributed by atoms with Crippen LogP contribution in [0.2, 0.25) is 5.02 Å². The molecular weight excluding hydrogens is 331 g/mol. The van der Waals surface area contributed by atoms with E-state index < -0.39 is 5.82 Å². The molecule has 0 bridgehead atoms. The van der Waals surface area contributed by atoms with Crippen molar-refractivity contribution < 1.29 is 9.13 Å². The lowest BCUT2D eigenvalue weighted by atomic mass is 10.3. The highest BCUT2D eigenvalue weighted by Gasteiger charge is 2.26. The molecule has 1 saturated carbocycles. The second-order valence-corrected chi connectivity index (χ2v) is 4.75. The first kappa shape index (κ1) is 11.0. The molecule has 1 aromatic carbocycles. The van der Waals surface area contributed by atoms with Crippen LogP contribution in [0.4, 0.5) is 10.1 Å². The molecule has 0 amide bonds. The molecule has 2 nitrogen and oxygen atoms in total. The van der Waals surface area contributed by atoms with Crippen molar-refractivity contribution >= 4 is 39.9 Å². The van der Waals surface area contributed by atoms with Gasteiger partial charge in [0.1, 0.15) is 11.6 Å². The van der Waals surface area contributed by atoms with Gasteiger partial charge in [0.2, 0.25) is 5.69 Å². The van der Waals surface area contributed by atoms with Crippen molar-refractivity contribution in [1.29, 1.82) is 0 Å². The molecule has 0 spiro atoms. The first-order chi connectivity index (χ1) is 7.13. The van der Waals surface area contributed by atoms with Gasteiger partial charge in [-0.15, -0.1) is 0 Å². The van der Waals surface area contributed by atoms with Crippen molar-refractivity contribution in [3.05, 3.63) is 31.9 Å². The summed E-state index contributed by atoms with van der Waals surface area (Å²) < 4.78 is 19.1. The van der Waals surface area contributed by atoms with Gasteiger partial charge in [0, 0.05) is 0 Å². The minimum Gasteiger partial charge on any atom is -0.501 e. The maximum atomic E-state index is 13.4. The van der Waals surface area contributed by atoms with E-state index in [9.17, 15) is 4.39 Å². The van der Waals surface area contributed by atoms with Gasteiger partial charge in [0.15, 0.2) is 0 Å². The highest BCUT2D eigenvalue weighted by molar-refractivity contribution is 14.1. The van der Waals surface area contributed by atoms with Crippen molar-refractivity contribution in [2.75, 3.05) is 0 Å². The second kappa shape index (κ2) is 4.14. The van der Waals surface area contributed by atoms with Gasteiger partial charge in [-0.3, -0.25) is 0 Å². The Hall–Kier alpha value is -0.540. The maximum Gasteiger partial charge on any atom is 0.244 e. The van der Waals surface area contributed by atoms with Gasteiger partial charge in [-0.2, -0.15) is 0 Å². The summed E-state index contributed by atoms with van der Waals surface area (Å²) in [5, 5.41) is 0.00227. The van der Waals surface area contributed by atoms with E-state index in [0.717, 1.165) is 12.8 Å². The summed E-state index contributed by atoms with van der Waals surface area (Å²) in [7, 11) is 0.